The maximum atomic E-state index is 14.2. The smallest absolute Gasteiger partial charge is 0.148 e. The van der Waals surface area contributed by atoms with Crippen molar-refractivity contribution in [3.05, 3.63) is 51.8 Å². The molecule has 1 aliphatic carbocycles. The second-order valence-corrected chi connectivity index (χ2v) is 7.31. The average molecular weight is 355 g/mol. The average Bonchev–Trinajstić information content (AvgIpc) is 2.76. The molecule has 0 fully saturated rings. The van der Waals surface area contributed by atoms with Gasteiger partial charge in [-0.1, -0.05) is 13.8 Å². The molecule has 1 heterocycles. The second kappa shape index (κ2) is 4.92. The second-order valence-electron chi connectivity index (χ2n) is 6.46. The quantitative estimate of drug-likeness (QED) is 0.751. The topological polar surface area (TPSA) is 30.9 Å². The van der Waals surface area contributed by atoms with Gasteiger partial charge in [-0.05, 0) is 51.9 Å². The van der Waals surface area contributed by atoms with Crippen LogP contribution in [0.1, 0.15) is 37.6 Å². The van der Waals surface area contributed by atoms with Crippen molar-refractivity contribution in [2.75, 3.05) is 0 Å². The molecular weight excluding hydrogens is 338 g/mol. The van der Waals surface area contributed by atoms with Crippen molar-refractivity contribution in [1.82, 2.24) is 4.57 Å². The predicted octanol–water partition coefficient (Wildman–Crippen LogP) is 4.49. The molecule has 0 spiro atoms. The Kier molecular flexibility index (Phi) is 3.45. The highest BCUT2D eigenvalue weighted by Crippen LogP contribution is 2.41. The van der Waals surface area contributed by atoms with Gasteiger partial charge in [0.25, 0.3) is 0 Å². The first kappa shape index (κ1) is 14.7. The van der Waals surface area contributed by atoms with E-state index in [2.05, 4.69) is 29.8 Å². The lowest BCUT2D eigenvalue weighted by Crippen LogP contribution is -2.30. The van der Waals surface area contributed by atoms with Crippen LogP contribution in [-0.4, -0.2) is 4.57 Å². The Bertz CT molecular complexity index is 707. The van der Waals surface area contributed by atoms with E-state index in [9.17, 15) is 8.78 Å². The fourth-order valence-corrected chi connectivity index (χ4v) is 3.47. The molecule has 1 atom stereocenters. The molecule has 2 N–H and O–H groups in total. The van der Waals surface area contributed by atoms with Gasteiger partial charge in [0, 0.05) is 24.0 Å². The molecule has 1 aromatic heterocycles. The summed E-state index contributed by atoms with van der Waals surface area (Å²) in [5.74, 6) is -0.938. The fourth-order valence-electron chi connectivity index (χ4n) is 3.16. The molecule has 1 unspecified atom stereocenters. The van der Waals surface area contributed by atoms with Crippen molar-refractivity contribution >= 4 is 15.9 Å². The Morgan fingerprint density at radius 2 is 2.00 bits per heavy atom. The zero-order chi connectivity index (χ0) is 15.4. The number of nitrogens with zero attached hydrogens (tertiary/aromatic N) is 1. The van der Waals surface area contributed by atoms with Gasteiger partial charge in [0.15, 0.2) is 0 Å². The van der Waals surface area contributed by atoms with Crippen LogP contribution in [0.4, 0.5) is 8.78 Å². The number of rotatable bonds is 1. The van der Waals surface area contributed by atoms with Gasteiger partial charge in [-0.15, -0.1) is 0 Å². The highest BCUT2D eigenvalue weighted by atomic mass is 79.9. The van der Waals surface area contributed by atoms with Gasteiger partial charge < -0.3 is 10.3 Å². The summed E-state index contributed by atoms with van der Waals surface area (Å²) in [5.41, 5.74) is 8.49. The van der Waals surface area contributed by atoms with Crippen molar-refractivity contribution in [2.24, 2.45) is 11.1 Å². The van der Waals surface area contributed by atoms with E-state index < -0.39 is 11.6 Å². The summed E-state index contributed by atoms with van der Waals surface area (Å²) in [4.78, 5) is 0. The van der Waals surface area contributed by atoms with E-state index in [0.717, 1.165) is 30.2 Å². The summed E-state index contributed by atoms with van der Waals surface area (Å²) in [6.07, 6.45) is 3.46. The molecule has 0 aliphatic heterocycles. The van der Waals surface area contributed by atoms with Crippen molar-refractivity contribution in [3.8, 4) is 5.69 Å². The van der Waals surface area contributed by atoms with Crippen LogP contribution < -0.4 is 5.73 Å². The van der Waals surface area contributed by atoms with Crippen molar-refractivity contribution in [2.45, 2.75) is 32.7 Å². The van der Waals surface area contributed by atoms with Gasteiger partial charge in [0.05, 0.1) is 10.2 Å². The maximum Gasteiger partial charge on any atom is 0.148 e. The SMILES string of the molecule is CC1(C)Cc2c(ccn2-c2cc(F)c(Br)cc2F)C(N)C1. The van der Waals surface area contributed by atoms with Gasteiger partial charge >= 0.3 is 0 Å². The minimum Gasteiger partial charge on any atom is -0.324 e. The minimum atomic E-state index is -0.479. The molecular formula is C16H17BrF2N2. The lowest BCUT2D eigenvalue weighted by Gasteiger charge is -2.34. The van der Waals surface area contributed by atoms with Crippen LogP contribution >= 0.6 is 15.9 Å². The number of nitrogens with two attached hydrogens (primary N) is 1. The zero-order valence-corrected chi connectivity index (χ0v) is 13.5. The molecule has 21 heavy (non-hydrogen) atoms. The van der Waals surface area contributed by atoms with Crippen LogP contribution in [-0.2, 0) is 6.42 Å². The number of benzene rings is 1. The molecule has 0 saturated heterocycles. The largest absolute Gasteiger partial charge is 0.324 e. The van der Waals surface area contributed by atoms with E-state index in [1.807, 2.05) is 6.07 Å². The molecule has 112 valence electrons. The van der Waals surface area contributed by atoms with Crippen molar-refractivity contribution < 1.29 is 8.78 Å². The molecule has 0 radical (unpaired) electrons. The van der Waals surface area contributed by atoms with Crippen LogP contribution in [0.25, 0.3) is 5.69 Å². The normalized spacial score (nSPS) is 20.4. The number of hydrogen-bond acceptors (Lipinski definition) is 1. The molecule has 5 heteroatoms. The summed E-state index contributed by atoms with van der Waals surface area (Å²) < 4.78 is 29.8. The molecule has 1 aliphatic rings. The zero-order valence-electron chi connectivity index (χ0n) is 12.0. The van der Waals surface area contributed by atoms with Crippen LogP contribution in [0.3, 0.4) is 0 Å². The standard InChI is InChI=1S/C16H17BrF2N2/c1-16(2)7-13(20)9-3-4-21(15(9)8-16)14-6-11(18)10(17)5-12(14)19/h3-6,13H,7-8,20H2,1-2H3. The van der Waals surface area contributed by atoms with E-state index in [-0.39, 0.29) is 21.6 Å². The predicted molar refractivity (Wildman–Crippen MR) is 82.4 cm³/mol. The van der Waals surface area contributed by atoms with E-state index in [1.165, 1.54) is 6.07 Å². The number of aromatic nitrogens is 1. The van der Waals surface area contributed by atoms with Crippen LogP contribution in [0.15, 0.2) is 28.9 Å². The Labute approximate surface area is 131 Å². The summed E-state index contributed by atoms with van der Waals surface area (Å²) in [6.45, 7) is 4.29. The Balaban J connectivity index is 2.16. The number of halogens is 3. The van der Waals surface area contributed by atoms with Crippen LogP contribution in [0.2, 0.25) is 0 Å². The first-order valence-corrected chi connectivity index (χ1v) is 7.68. The van der Waals surface area contributed by atoms with Crippen LogP contribution in [0.5, 0.6) is 0 Å². The summed E-state index contributed by atoms with van der Waals surface area (Å²) in [6, 6.07) is 4.22. The van der Waals surface area contributed by atoms with Gasteiger partial charge in [-0.25, -0.2) is 8.78 Å². The lowest BCUT2D eigenvalue weighted by atomic mass is 9.74. The highest BCUT2D eigenvalue weighted by molar-refractivity contribution is 9.10. The van der Waals surface area contributed by atoms with E-state index in [4.69, 9.17) is 5.73 Å². The molecule has 1 aromatic carbocycles. The first-order chi connectivity index (χ1) is 9.78. The third-order valence-electron chi connectivity index (χ3n) is 4.09. The highest BCUT2D eigenvalue weighted by Gasteiger charge is 2.33. The molecule has 3 rings (SSSR count). The summed E-state index contributed by atoms with van der Waals surface area (Å²) in [7, 11) is 0. The molecule has 2 aromatic rings. The van der Waals surface area contributed by atoms with E-state index >= 15 is 0 Å². The number of hydrogen-bond donors (Lipinski definition) is 1. The van der Waals surface area contributed by atoms with Crippen molar-refractivity contribution in [3.63, 3.8) is 0 Å². The lowest BCUT2D eigenvalue weighted by molar-refractivity contribution is 0.278. The molecule has 0 saturated carbocycles. The third kappa shape index (κ3) is 2.53. The van der Waals surface area contributed by atoms with Gasteiger partial charge in [-0.3, -0.25) is 0 Å². The van der Waals surface area contributed by atoms with Gasteiger partial charge in [0.2, 0.25) is 0 Å². The third-order valence-corrected chi connectivity index (χ3v) is 4.70. The van der Waals surface area contributed by atoms with E-state index in [1.54, 1.807) is 10.8 Å². The van der Waals surface area contributed by atoms with Gasteiger partial charge in [-0.2, -0.15) is 0 Å². The number of fused-ring (bicyclic) bond motifs is 1. The van der Waals surface area contributed by atoms with Gasteiger partial charge in [0.1, 0.15) is 11.6 Å². The molecule has 0 amide bonds. The van der Waals surface area contributed by atoms with Crippen molar-refractivity contribution in [1.29, 1.82) is 0 Å². The summed E-state index contributed by atoms with van der Waals surface area (Å²) in [5, 5.41) is 0. The monoisotopic (exact) mass is 354 g/mol. The first-order valence-electron chi connectivity index (χ1n) is 6.89. The fraction of sp³-hybridized carbons (Fsp3) is 0.375. The Morgan fingerprint density at radius 1 is 1.29 bits per heavy atom. The summed E-state index contributed by atoms with van der Waals surface area (Å²) >= 11 is 3.00. The van der Waals surface area contributed by atoms with E-state index in [0.29, 0.717) is 0 Å². The maximum absolute atomic E-state index is 14.2. The molecule has 0 bridgehead atoms. The Hall–Kier alpha value is -1.20. The Morgan fingerprint density at radius 3 is 2.71 bits per heavy atom. The van der Waals surface area contributed by atoms with Crippen LogP contribution in [0, 0.1) is 17.0 Å². The molecule has 2 nitrogen and oxygen atoms in total. The minimum absolute atomic E-state index is 0.0485.